The van der Waals surface area contributed by atoms with Crippen LogP contribution < -0.4 is 0 Å². The Morgan fingerprint density at radius 2 is 1.65 bits per heavy atom. The molecule has 0 aliphatic rings. The van der Waals surface area contributed by atoms with Gasteiger partial charge in [0.25, 0.3) is 0 Å². The molecule has 0 aliphatic heterocycles. The molecule has 0 fully saturated rings. The molecule has 0 saturated heterocycles. The number of unbranched alkanes of at least 4 members (excludes halogenated alkanes) is 3. The fourth-order valence-corrected chi connectivity index (χ4v) is 1.32. The van der Waals surface area contributed by atoms with Crippen LogP contribution in [-0.2, 0) is 19.3 Å². The molecule has 0 heterocycles. The molecule has 20 heavy (non-hydrogen) atoms. The minimum absolute atomic E-state index is 0.100. The molecule has 0 aromatic rings. The highest BCUT2D eigenvalue weighted by atomic mass is 17.2. The van der Waals surface area contributed by atoms with Crippen LogP contribution in [0.25, 0.3) is 0 Å². The molecular formula is C16H30O4. The molecule has 0 N–H and O–H groups in total. The Labute approximate surface area is 123 Å². The molecule has 0 radical (unpaired) electrons. The average molecular weight is 286 g/mol. The fraction of sp³-hybridized carbons (Fsp3) is 0.812. The van der Waals surface area contributed by atoms with Gasteiger partial charge in [0.05, 0.1) is 18.6 Å². The van der Waals surface area contributed by atoms with Gasteiger partial charge in [-0.1, -0.05) is 25.5 Å². The summed E-state index contributed by atoms with van der Waals surface area (Å²) in [4.78, 5) is 21.6. The first-order valence-electron chi connectivity index (χ1n) is 7.46. The van der Waals surface area contributed by atoms with Gasteiger partial charge in [-0.25, -0.2) is 9.78 Å². The first-order chi connectivity index (χ1) is 9.40. The number of carbonyl (C=O) groups is 1. The maximum absolute atomic E-state index is 11.7. The van der Waals surface area contributed by atoms with Crippen molar-refractivity contribution in [2.75, 3.05) is 19.8 Å². The second kappa shape index (κ2) is 10.9. The Balaban J connectivity index is 3.33. The lowest BCUT2D eigenvalue weighted by Gasteiger charge is -2.20. The SMILES string of the molecule is C=C(C)COOCCCCCCOC(=O)C(C)(C)CC. The molecule has 4 heteroatoms. The van der Waals surface area contributed by atoms with Crippen LogP contribution in [0.1, 0.15) is 59.8 Å². The van der Waals surface area contributed by atoms with Crippen LogP contribution in [0.15, 0.2) is 12.2 Å². The van der Waals surface area contributed by atoms with E-state index in [1.165, 1.54) is 0 Å². The summed E-state index contributed by atoms with van der Waals surface area (Å²) in [5.74, 6) is -0.100. The number of ether oxygens (including phenoxy) is 1. The zero-order chi connectivity index (χ0) is 15.4. The first kappa shape index (κ1) is 19.1. The van der Waals surface area contributed by atoms with Crippen molar-refractivity contribution in [3.8, 4) is 0 Å². The van der Waals surface area contributed by atoms with Crippen LogP contribution in [0.5, 0.6) is 0 Å². The lowest BCUT2D eigenvalue weighted by molar-refractivity contribution is -0.288. The van der Waals surface area contributed by atoms with Gasteiger partial charge in [-0.15, -0.1) is 0 Å². The van der Waals surface area contributed by atoms with E-state index in [2.05, 4.69) is 6.58 Å². The average Bonchev–Trinajstić information content (AvgIpc) is 2.40. The van der Waals surface area contributed by atoms with Gasteiger partial charge in [-0.05, 0) is 46.5 Å². The molecule has 0 aromatic heterocycles. The monoisotopic (exact) mass is 286 g/mol. The summed E-state index contributed by atoms with van der Waals surface area (Å²) in [6, 6.07) is 0. The van der Waals surface area contributed by atoms with Crippen molar-refractivity contribution in [1.29, 1.82) is 0 Å². The summed E-state index contributed by atoms with van der Waals surface area (Å²) in [7, 11) is 0. The summed E-state index contributed by atoms with van der Waals surface area (Å²) >= 11 is 0. The number of rotatable bonds is 12. The number of hydrogen-bond donors (Lipinski definition) is 0. The molecule has 118 valence electrons. The van der Waals surface area contributed by atoms with E-state index in [4.69, 9.17) is 14.5 Å². The Kier molecular flexibility index (Phi) is 10.4. The maximum atomic E-state index is 11.7. The van der Waals surface area contributed by atoms with Crippen molar-refractivity contribution in [2.24, 2.45) is 5.41 Å². The highest BCUT2D eigenvalue weighted by Crippen LogP contribution is 2.21. The minimum Gasteiger partial charge on any atom is -0.465 e. The Bertz CT molecular complexity index is 284. The van der Waals surface area contributed by atoms with Crippen molar-refractivity contribution in [1.82, 2.24) is 0 Å². The molecule has 0 amide bonds. The molecule has 0 aliphatic carbocycles. The van der Waals surface area contributed by atoms with E-state index in [0.29, 0.717) is 19.8 Å². The molecular weight excluding hydrogens is 256 g/mol. The lowest BCUT2D eigenvalue weighted by Crippen LogP contribution is -2.26. The molecule has 0 atom stereocenters. The molecule has 0 spiro atoms. The van der Waals surface area contributed by atoms with Gasteiger partial charge >= 0.3 is 5.97 Å². The molecule has 0 unspecified atom stereocenters. The van der Waals surface area contributed by atoms with Gasteiger partial charge in [-0.2, -0.15) is 0 Å². The summed E-state index contributed by atoms with van der Waals surface area (Å²) in [5, 5.41) is 0. The van der Waals surface area contributed by atoms with Crippen molar-refractivity contribution < 1.29 is 19.3 Å². The van der Waals surface area contributed by atoms with Crippen molar-refractivity contribution >= 4 is 5.97 Å². The van der Waals surface area contributed by atoms with Crippen LogP contribution in [0, 0.1) is 5.41 Å². The van der Waals surface area contributed by atoms with Gasteiger partial charge in [-0.3, -0.25) is 4.79 Å². The van der Waals surface area contributed by atoms with E-state index >= 15 is 0 Å². The predicted octanol–water partition coefficient (Wildman–Crippen LogP) is 4.05. The number of hydrogen-bond acceptors (Lipinski definition) is 4. The zero-order valence-electron chi connectivity index (χ0n) is 13.5. The molecule has 0 aromatic carbocycles. The van der Waals surface area contributed by atoms with Crippen molar-refractivity contribution in [3.63, 3.8) is 0 Å². The molecule has 0 rings (SSSR count). The van der Waals surface area contributed by atoms with Crippen LogP contribution in [0.2, 0.25) is 0 Å². The third kappa shape index (κ3) is 9.98. The maximum Gasteiger partial charge on any atom is 0.311 e. The quantitative estimate of drug-likeness (QED) is 0.178. The second-order valence-corrected chi connectivity index (χ2v) is 5.83. The van der Waals surface area contributed by atoms with Gasteiger partial charge in [0.1, 0.15) is 6.61 Å². The third-order valence-electron chi connectivity index (χ3n) is 3.18. The second-order valence-electron chi connectivity index (χ2n) is 5.83. The summed E-state index contributed by atoms with van der Waals surface area (Å²) in [6.07, 6.45) is 4.73. The normalized spacial score (nSPS) is 11.4. The predicted molar refractivity (Wildman–Crippen MR) is 80.2 cm³/mol. The van der Waals surface area contributed by atoms with Gasteiger partial charge in [0, 0.05) is 0 Å². The summed E-state index contributed by atoms with van der Waals surface area (Å²) < 4.78 is 5.26. The topological polar surface area (TPSA) is 44.8 Å². The Morgan fingerprint density at radius 1 is 1.05 bits per heavy atom. The van der Waals surface area contributed by atoms with Gasteiger partial charge in [0.2, 0.25) is 0 Å². The summed E-state index contributed by atoms with van der Waals surface area (Å²) in [6.45, 7) is 13.0. The third-order valence-corrected chi connectivity index (χ3v) is 3.18. The van der Waals surface area contributed by atoms with Gasteiger partial charge < -0.3 is 4.74 Å². The van der Waals surface area contributed by atoms with E-state index < -0.39 is 0 Å². The lowest BCUT2D eigenvalue weighted by atomic mass is 9.91. The minimum atomic E-state index is -0.367. The fourth-order valence-electron chi connectivity index (χ4n) is 1.32. The van der Waals surface area contributed by atoms with Crippen LogP contribution in [0.4, 0.5) is 0 Å². The first-order valence-corrected chi connectivity index (χ1v) is 7.46. The van der Waals surface area contributed by atoms with Crippen LogP contribution >= 0.6 is 0 Å². The smallest absolute Gasteiger partial charge is 0.311 e. The van der Waals surface area contributed by atoms with E-state index in [0.717, 1.165) is 37.7 Å². The molecule has 0 saturated carbocycles. The standard InChI is InChI=1S/C16H30O4/c1-6-16(4,5)15(17)18-11-9-7-8-10-12-19-20-13-14(2)3/h2,6-13H2,1,3-5H3. The Hall–Kier alpha value is -0.870. The zero-order valence-corrected chi connectivity index (χ0v) is 13.5. The van der Waals surface area contributed by atoms with Gasteiger partial charge in [0.15, 0.2) is 0 Å². The van der Waals surface area contributed by atoms with Crippen molar-refractivity contribution in [3.05, 3.63) is 12.2 Å². The molecule has 4 nitrogen and oxygen atoms in total. The summed E-state index contributed by atoms with van der Waals surface area (Å²) in [5.41, 5.74) is 0.580. The highest BCUT2D eigenvalue weighted by molar-refractivity contribution is 5.75. The van der Waals surface area contributed by atoms with E-state index in [1.54, 1.807) is 0 Å². The number of carbonyl (C=O) groups excluding carboxylic acids is 1. The highest BCUT2D eigenvalue weighted by Gasteiger charge is 2.26. The van der Waals surface area contributed by atoms with E-state index in [1.807, 2.05) is 27.7 Å². The van der Waals surface area contributed by atoms with Crippen molar-refractivity contribution in [2.45, 2.75) is 59.8 Å². The van der Waals surface area contributed by atoms with E-state index in [9.17, 15) is 4.79 Å². The van der Waals surface area contributed by atoms with E-state index in [-0.39, 0.29) is 11.4 Å². The Morgan fingerprint density at radius 3 is 2.20 bits per heavy atom. The van der Waals surface area contributed by atoms with Crippen LogP contribution in [-0.4, -0.2) is 25.8 Å². The number of esters is 1. The molecule has 0 bridgehead atoms. The van der Waals surface area contributed by atoms with Crippen LogP contribution in [0.3, 0.4) is 0 Å². The largest absolute Gasteiger partial charge is 0.465 e.